The molecule has 26 heavy (non-hydrogen) atoms. The van der Waals surface area contributed by atoms with E-state index in [4.69, 9.17) is 22.1 Å². The number of nitrogens with one attached hydrogen (secondary N) is 1. The van der Waals surface area contributed by atoms with Crippen molar-refractivity contribution >= 4 is 23.2 Å². The fraction of sp³-hybridized carbons (Fsp3) is 0.158. The summed E-state index contributed by atoms with van der Waals surface area (Å²) < 4.78 is 6.97. The van der Waals surface area contributed by atoms with Gasteiger partial charge in [0.2, 0.25) is 0 Å². The van der Waals surface area contributed by atoms with Crippen LogP contribution in [0.4, 0.5) is 5.69 Å². The van der Waals surface area contributed by atoms with Gasteiger partial charge in [0.05, 0.1) is 30.1 Å². The van der Waals surface area contributed by atoms with Gasteiger partial charge in [-0.1, -0.05) is 29.8 Å². The van der Waals surface area contributed by atoms with Gasteiger partial charge in [-0.2, -0.15) is 5.10 Å². The zero-order valence-electron chi connectivity index (χ0n) is 14.6. The normalized spacial score (nSPS) is 11.4. The molecule has 0 spiro atoms. The predicted octanol–water partition coefficient (Wildman–Crippen LogP) is 3.77. The van der Waals surface area contributed by atoms with Gasteiger partial charge in [0.25, 0.3) is 0 Å². The van der Waals surface area contributed by atoms with Gasteiger partial charge in [0, 0.05) is 17.4 Å². The second kappa shape index (κ2) is 7.93. The standard InChI is InChI=1S/C19H20ClN5O/c1-13-14(12-25(24-13)16-6-4-3-5-7-16)11-22-19(21)23-15-8-9-18(26-2)17(20)10-15/h3-10,12H,11H2,1-2H3,(H3,21,22,23). The van der Waals surface area contributed by atoms with Crippen LogP contribution in [0.3, 0.4) is 0 Å². The fourth-order valence-electron chi connectivity index (χ4n) is 2.47. The van der Waals surface area contributed by atoms with Crippen molar-refractivity contribution in [3.05, 3.63) is 71.0 Å². The summed E-state index contributed by atoms with van der Waals surface area (Å²) in [5.74, 6) is 0.912. The lowest BCUT2D eigenvalue weighted by Gasteiger charge is -2.08. The number of hydrogen-bond acceptors (Lipinski definition) is 3. The zero-order chi connectivity index (χ0) is 18.5. The number of hydrogen-bond donors (Lipinski definition) is 2. The highest BCUT2D eigenvalue weighted by molar-refractivity contribution is 6.32. The first-order valence-electron chi connectivity index (χ1n) is 8.08. The molecule has 0 saturated heterocycles. The number of aryl methyl sites for hydroxylation is 1. The number of methoxy groups -OCH3 is 1. The molecule has 1 heterocycles. The molecular formula is C19H20ClN5O. The molecule has 6 nitrogen and oxygen atoms in total. The molecule has 2 aromatic carbocycles. The lowest BCUT2D eigenvalue weighted by molar-refractivity contribution is 0.415. The predicted molar refractivity (Wildman–Crippen MR) is 105 cm³/mol. The Bertz CT molecular complexity index is 921. The van der Waals surface area contributed by atoms with E-state index in [1.54, 1.807) is 19.2 Å². The van der Waals surface area contributed by atoms with Crippen LogP contribution in [-0.2, 0) is 6.54 Å². The van der Waals surface area contributed by atoms with Gasteiger partial charge in [-0.15, -0.1) is 0 Å². The van der Waals surface area contributed by atoms with Crippen molar-refractivity contribution in [3.8, 4) is 11.4 Å². The monoisotopic (exact) mass is 369 g/mol. The van der Waals surface area contributed by atoms with Crippen LogP contribution in [-0.4, -0.2) is 22.8 Å². The van der Waals surface area contributed by atoms with E-state index in [1.165, 1.54) is 0 Å². The number of nitrogens with two attached hydrogens (primary N) is 1. The summed E-state index contributed by atoms with van der Waals surface area (Å²) in [7, 11) is 1.57. The lowest BCUT2D eigenvalue weighted by atomic mass is 10.2. The van der Waals surface area contributed by atoms with Crippen molar-refractivity contribution in [2.75, 3.05) is 12.4 Å². The fourth-order valence-corrected chi connectivity index (χ4v) is 2.72. The average molecular weight is 370 g/mol. The first-order valence-corrected chi connectivity index (χ1v) is 8.45. The van der Waals surface area contributed by atoms with Crippen molar-refractivity contribution in [1.29, 1.82) is 0 Å². The van der Waals surface area contributed by atoms with E-state index < -0.39 is 0 Å². The summed E-state index contributed by atoms with van der Waals surface area (Å²) in [6.07, 6.45) is 1.96. The van der Waals surface area contributed by atoms with Crippen molar-refractivity contribution < 1.29 is 4.74 Å². The number of aromatic nitrogens is 2. The molecule has 7 heteroatoms. The van der Waals surface area contributed by atoms with Crippen molar-refractivity contribution in [1.82, 2.24) is 9.78 Å². The number of halogens is 1. The maximum Gasteiger partial charge on any atom is 0.193 e. The number of para-hydroxylation sites is 1. The highest BCUT2D eigenvalue weighted by atomic mass is 35.5. The number of anilines is 1. The maximum atomic E-state index is 6.11. The lowest BCUT2D eigenvalue weighted by Crippen LogP contribution is -2.22. The van der Waals surface area contributed by atoms with E-state index >= 15 is 0 Å². The van der Waals surface area contributed by atoms with Crippen LogP contribution in [0.5, 0.6) is 5.75 Å². The van der Waals surface area contributed by atoms with Crippen LogP contribution in [0.1, 0.15) is 11.3 Å². The molecule has 3 aromatic rings. The van der Waals surface area contributed by atoms with Crippen LogP contribution >= 0.6 is 11.6 Å². The summed E-state index contributed by atoms with van der Waals surface area (Å²) in [6, 6.07) is 15.3. The zero-order valence-corrected chi connectivity index (χ0v) is 15.4. The third kappa shape index (κ3) is 4.15. The average Bonchev–Trinajstić information content (AvgIpc) is 3.02. The van der Waals surface area contributed by atoms with Gasteiger partial charge < -0.3 is 15.8 Å². The first kappa shape index (κ1) is 17.8. The number of aliphatic imine (C=N–C) groups is 1. The van der Waals surface area contributed by atoms with E-state index in [1.807, 2.05) is 54.2 Å². The third-order valence-electron chi connectivity index (χ3n) is 3.87. The SMILES string of the molecule is COc1ccc(NC(N)=NCc2cn(-c3ccccc3)nc2C)cc1Cl. The second-order valence-electron chi connectivity index (χ2n) is 5.70. The van der Waals surface area contributed by atoms with Crippen LogP contribution in [0, 0.1) is 6.92 Å². The summed E-state index contributed by atoms with van der Waals surface area (Å²) in [4.78, 5) is 4.39. The van der Waals surface area contributed by atoms with Crippen molar-refractivity contribution in [2.45, 2.75) is 13.5 Å². The Morgan fingerprint density at radius 3 is 2.73 bits per heavy atom. The summed E-state index contributed by atoms with van der Waals surface area (Å²) >= 11 is 6.11. The Morgan fingerprint density at radius 2 is 2.04 bits per heavy atom. The van der Waals surface area contributed by atoms with Crippen LogP contribution in [0.25, 0.3) is 5.69 Å². The third-order valence-corrected chi connectivity index (χ3v) is 4.16. The highest BCUT2D eigenvalue weighted by Gasteiger charge is 2.07. The molecule has 0 fully saturated rings. The molecule has 1 aromatic heterocycles. The number of ether oxygens (including phenoxy) is 1. The topological polar surface area (TPSA) is 77.5 Å². The molecule has 0 radical (unpaired) electrons. The molecule has 0 saturated carbocycles. The van der Waals surface area contributed by atoms with E-state index in [9.17, 15) is 0 Å². The van der Waals surface area contributed by atoms with Gasteiger partial charge in [-0.05, 0) is 37.3 Å². The molecule has 3 rings (SSSR count). The van der Waals surface area contributed by atoms with Gasteiger partial charge in [0.15, 0.2) is 5.96 Å². The Kier molecular flexibility index (Phi) is 5.43. The van der Waals surface area contributed by atoms with E-state index in [0.29, 0.717) is 23.3 Å². The number of benzene rings is 2. The summed E-state index contributed by atoms with van der Waals surface area (Å²) in [5, 5.41) is 8.06. The molecule has 0 unspecified atom stereocenters. The van der Waals surface area contributed by atoms with Gasteiger partial charge in [0.1, 0.15) is 5.75 Å². The van der Waals surface area contributed by atoms with Crippen LogP contribution in [0.15, 0.2) is 59.7 Å². The Balaban J connectivity index is 1.69. The Labute approximate surface area is 157 Å². The molecule has 0 bridgehead atoms. The van der Waals surface area contributed by atoms with Gasteiger partial charge in [-0.3, -0.25) is 0 Å². The number of rotatable bonds is 5. The first-order chi connectivity index (χ1) is 12.6. The van der Waals surface area contributed by atoms with Crippen molar-refractivity contribution in [2.24, 2.45) is 10.7 Å². The molecule has 3 N–H and O–H groups in total. The smallest absolute Gasteiger partial charge is 0.193 e. The van der Waals surface area contributed by atoms with Crippen LogP contribution < -0.4 is 15.8 Å². The Morgan fingerprint density at radius 1 is 1.27 bits per heavy atom. The number of guanidine groups is 1. The summed E-state index contributed by atoms with van der Waals surface area (Å²) in [5.41, 5.74) is 9.65. The molecule has 0 aliphatic heterocycles. The Hall–Kier alpha value is -2.99. The highest BCUT2D eigenvalue weighted by Crippen LogP contribution is 2.27. The molecule has 0 amide bonds. The second-order valence-corrected chi connectivity index (χ2v) is 6.10. The summed E-state index contributed by atoms with van der Waals surface area (Å²) in [6.45, 7) is 2.39. The van der Waals surface area contributed by atoms with E-state index in [-0.39, 0.29) is 0 Å². The number of nitrogens with zero attached hydrogens (tertiary/aromatic N) is 3. The van der Waals surface area contributed by atoms with Crippen LogP contribution in [0.2, 0.25) is 5.02 Å². The minimum atomic E-state index is 0.304. The molecule has 134 valence electrons. The van der Waals surface area contributed by atoms with E-state index in [2.05, 4.69) is 15.4 Å². The quantitative estimate of drug-likeness (QED) is 0.530. The largest absolute Gasteiger partial charge is 0.495 e. The molecule has 0 atom stereocenters. The minimum absolute atomic E-state index is 0.304. The van der Waals surface area contributed by atoms with Gasteiger partial charge >= 0.3 is 0 Å². The van der Waals surface area contributed by atoms with E-state index in [0.717, 1.165) is 22.6 Å². The minimum Gasteiger partial charge on any atom is -0.495 e. The van der Waals surface area contributed by atoms with Gasteiger partial charge in [-0.25, -0.2) is 9.67 Å². The molecular weight excluding hydrogens is 350 g/mol. The van der Waals surface area contributed by atoms with Crippen molar-refractivity contribution in [3.63, 3.8) is 0 Å². The maximum absolute atomic E-state index is 6.11. The molecule has 0 aliphatic rings. The molecule has 0 aliphatic carbocycles.